The van der Waals surface area contributed by atoms with Gasteiger partial charge in [0.1, 0.15) is 5.75 Å². The fourth-order valence-corrected chi connectivity index (χ4v) is 3.28. The Labute approximate surface area is 167 Å². The molecule has 0 radical (unpaired) electrons. The highest BCUT2D eigenvalue weighted by Gasteiger charge is 2.15. The maximum atomic E-state index is 12.5. The van der Waals surface area contributed by atoms with Crippen molar-refractivity contribution in [2.45, 2.75) is 19.3 Å². The van der Waals surface area contributed by atoms with Gasteiger partial charge in [-0.25, -0.2) is 0 Å². The summed E-state index contributed by atoms with van der Waals surface area (Å²) < 4.78 is 5.27. The standard InChI is InChI=1S/C24H28N2O2/c1-18(19-10-11-21-17-23(28-3)13-12-20(21)16-19)24(27)25-14-7-15-26(2)22-8-5-4-6-9-22/h4-6,8-13,16-18H,7,14-15H2,1-3H3,(H,25,27)/t18-/m1/s1. The number of nitrogens with zero attached hydrogens (tertiary/aromatic N) is 1. The average molecular weight is 376 g/mol. The number of ether oxygens (including phenoxy) is 1. The van der Waals surface area contributed by atoms with Crippen LogP contribution < -0.4 is 15.0 Å². The summed E-state index contributed by atoms with van der Waals surface area (Å²) in [7, 11) is 3.74. The van der Waals surface area contributed by atoms with Crippen LogP contribution >= 0.6 is 0 Å². The molecule has 0 fully saturated rings. The first-order valence-corrected chi connectivity index (χ1v) is 9.70. The topological polar surface area (TPSA) is 41.6 Å². The summed E-state index contributed by atoms with van der Waals surface area (Å²) in [5, 5.41) is 5.29. The minimum Gasteiger partial charge on any atom is -0.497 e. The lowest BCUT2D eigenvalue weighted by atomic mass is 9.97. The lowest BCUT2D eigenvalue weighted by Crippen LogP contribution is -2.31. The van der Waals surface area contributed by atoms with E-state index in [1.54, 1.807) is 7.11 Å². The van der Waals surface area contributed by atoms with E-state index < -0.39 is 0 Å². The van der Waals surface area contributed by atoms with Gasteiger partial charge in [-0.05, 0) is 53.9 Å². The van der Waals surface area contributed by atoms with Crippen molar-refractivity contribution < 1.29 is 9.53 Å². The molecule has 0 bridgehead atoms. The summed E-state index contributed by atoms with van der Waals surface area (Å²) in [4.78, 5) is 14.8. The number of carbonyl (C=O) groups is 1. The summed E-state index contributed by atoms with van der Waals surface area (Å²) in [6, 6.07) is 22.4. The number of carbonyl (C=O) groups excluding carboxylic acids is 1. The van der Waals surface area contributed by atoms with Crippen LogP contribution in [0.3, 0.4) is 0 Å². The smallest absolute Gasteiger partial charge is 0.227 e. The Kier molecular flexibility index (Phi) is 6.53. The van der Waals surface area contributed by atoms with Crippen molar-refractivity contribution in [2.24, 2.45) is 0 Å². The molecule has 1 N–H and O–H groups in total. The molecule has 3 aromatic rings. The van der Waals surface area contributed by atoms with Crippen molar-refractivity contribution in [1.29, 1.82) is 0 Å². The Balaban J connectivity index is 1.52. The molecular weight excluding hydrogens is 348 g/mol. The molecule has 0 heterocycles. The van der Waals surface area contributed by atoms with Gasteiger partial charge in [-0.1, -0.05) is 42.5 Å². The molecule has 1 atom stereocenters. The summed E-state index contributed by atoms with van der Waals surface area (Å²) in [6.45, 7) is 3.53. The predicted molar refractivity (Wildman–Crippen MR) is 116 cm³/mol. The van der Waals surface area contributed by atoms with Crippen molar-refractivity contribution in [3.8, 4) is 5.75 Å². The van der Waals surface area contributed by atoms with Gasteiger partial charge in [0.25, 0.3) is 0 Å². The average Bonchev–Trinajstić information content (AvgIpc) is 2.75. The van der Waals surface area contributed by atoms with E-state index in [9.17, 15) is 4.79 Å². The number of fused-ring (bicyclic) bond motifs is 1. The van der Waals surface area contributed by atoms with Crippen LogP contribution in [0, 0.1) is 0 Å². The summed E-state index contributed by atoms with van der Waals surface area (Å²) in [6.07, 6.45) is 0.904. The van der Waals surface area contributed by atoms with E-state index in [1.807, 2.05) is 55.5 Å². The molecule has 0 aliphatic carbocycles. The highest BCUT2D eigenvalue weighted by molar-refractivity contribution is 5.88. The molecule has 0 saturated carbocycles. The second-order valence-corrected chi connectivity index (χ2v) is 7.10. The molecule has 3 rings (SSSR count). The molecule has 0 saturated heterocycles. The third-order valence-electron chi connectivity index (χ3n) is 5.13. The van der Waals surface area contributed by atoms with Crippen molar-refractivity contribution >= 4 is 22.4 Å². The van der Waals surface area contributed by atoms with Crippen LogP contribution in [0.2, 0.25) is 0 Å². The van der Waals surface area contributed by atoms with Gasteiger partial charge < -0.3 is 15.0 Å². The first kappa shape index (κ1) is 19.7. The van der Waals surface area contributed by atoms with Gasteiger partial charge in [0.15, 0.2) is 0 Å². The third-order valence-corrected chi connectivity index (χ3v) is 5.13. The summed E-state index contributed by atoms with van der Waals surface area (Å²) >= 11 is 0. The van der Waals surface area contributed by atoms with Gasteiger partial charge in [-0.2, -0.15) is 0 Å². The highest BCUT2D eigenvalue weighted by Crippen LogP contribution is 2.25. The van der Waals surface area contributed by atoms with Gasteiger partial charge in [0, 0.05) is 25.8 Å². The summed E-state index contributed by atoms with van der Waals surface area (Å²) in [5.41, 5.74) is 2.21. The van der Waals surface area contributed by atoms with Gasteiger partial charge >= 0.3 is 0 Å². The Morgan fingerprint density at radius 2 is 1.75 bits per heavy atom. The van der Waals surface area contributed by atoms with E-state index in [2.05, 4.69) is 35.5 Å². The summed E-state index contributed by atoms with van der Waals surface area (Å²) in [5.74, 6) is 0.722. The molecule has 0 aromatic heterocycles. The maximum absolute atomic E-state index is 12.5. The van der Waals surface area contributed by atoms with Crippen molar-refractivity contribution in [3.05, 3.63) is 72.3 Å². The fourth-order valence-electron chi connectivity index (χ4n) is 3.28. The molecule has 0 spiro atoms. The van der Waals surface area contributed by atoms with Gasteiger partial charge in [-0.15, -0.1) is 0 Å². The number of benzene rings is 3. The number of amides is 1. The fraction of sp³-hybridized carbons (Fsp3) is 0.292. The van der Waals surface area contributed by atoms with E-state index in [4.69, 9.17) is 4.74 Å². The Morgan fingerprint density at radius 1 is 1.04 bits per heavy atom. The van der Waals surface area contributed by atoms with Gasteiger partial charge in [0.2, 0.25) is 5.91 Å². The molecule has 0 aliphatic rings. The number of rotatable bonds is 8. The third kappa shape index (κ3) is 4.83. The highest BCUT2D eigenvalue weighted by atomic mass is 16.5. The zero-order valence-electron chi connectivity index (χ0n) is 16.8. The van der Waals surface area contributed by atoms with Crippen LogP contribution in [-0.2, 0) is 4.79 Å². The Bertz CT molecular complexity index is 924. The van der Waals surface area contributed by atoms with Crippen LogP contribution in [0.25, 0.3) is 10.8 Å². The SMILES string of the molecule is COc1ccc2cc([C@@H](C)C(=O)NCCCN(C)c3ccccc3)ccc2c1. The molecule has 146 valence electrons. The van der Waals surface area contributed by atoms with E-state index in [0.29, 0.717) is 6.54 Å². The quantitative estimate of drug-likeness (QED) is 0.585. The molecule has 4 heteroatoms. The first-order chi connectivity index (χ1) is 13.6. The van der Waals surface area contributed by atoms with Crippen LogP contribution in [-0.4, -0.2) is 33.2 Å². The normalized spacial score (nSPS) is 11.8. The number of anilines is 1. The number of hydrogen-bond acceptors (Lipinski definition) is 3. The minimum absolute atomic E-state index is 0.0650. The zero-order valence-corrected chi connectivity index (χ0v) is 16.8. The van der Waals surface area contributed by atoms with E-state index in [0.717, 1.165) is 35.1 Å². The van der Waals surface area contributed by atoms with E-state index >= 15 is 0 Å². The van der Waals surface area contributed by atoms with Gasteiger partial charge in [-0.3, -0.25) is 4.79 Å². The zero-order chi connectivity index (χ0) is 19.9. The van der Waals surface area contributed by atoms with E-state index in [1.165, 1.54) is 5.69 Å². The molecule has 4 nitrogen and oxygen atoms in total. The van der Waals surface area contributed by atoms with Crippen LogP contribution in [0.1, 0.15) is 24.8 Å². The largest absolute Gasteiger partial charge is 0.497 e. The lowest BCUT2D eigenvalue weighted by molar-refractivity contribution is -0.122. The lowest BCUT2D eigenvalue weighted by Gasteiger charge is -2.19. The van der Waals surface area contributed by atoms with E-state index in [-0.39, 0.29) is 11.8 Å². The number of nitrogens with one attached hydrogen (secondary N) is 1. The van der Waals surface area contributed by atoms with Crippen molar-refractivity contribution in [1.82, 2.24) is 5.32 Å². The predicted octanol–water partition coefficient (Wildman–Crippen LogP) is 4.59. The number of hydrogen-bond donors (Lipinski definition) is 1. The molecule has 1 amide bonds. The molecule has 0 unspecified atom stereocenters. The monoisotopic (exact) mass is 376 g/mol. The Hall–Kier alpha value is -3.01. The van der Waals surface area contributed by atoms with Crippen molar-refractivity contribution in [3.63, 3.8) is 0 Å². The Morgan fingerprint density at radius 3 is 2.50 bits per heavy atom. The van der Waals surface area contributed by atoms with Crippen LogP contribution in [0.4, 0.5) is 5.69 Å². The van der Waals surface area contributed by atoms with Gasteiger partial charge in [0.05, 0.1) is 13.0 Å². The number of methoxy groups -OCH3 is 1. The molecule has 0 aliphatic heterocycles. The van der Waals surface area contributed by atoms with Crippen molar-refractivity contribution in [2.75, 3.05) is 32.1 Å². The minimum atomic E-state index is -0.182. The van der Waals surface area contributed by atoms with Crippen LogP contribution in [0.5, 0.6) is 5.75 Å². The van der Waals surface area contributed by atoms with Crippen LogP contribution in [0.15, 0.2) is 66.7 Å². The number of para-hydroxylation sites is 1. The second-order valence-electron chi connectivity index (χ2n) is 7.10. The first-order valence-electron chi connectivity index (χ1n) is 9.70. The second kappa shape index (κ2) is 9.27. The maximum Gasteiger partial charge on any atom is 0.227 e. The molecular formula is C24H28N2O2. The molecule has 3 aromatic carbocycles. The molecule has 28 heavy (non-hydrogen) atoms.